The number of halogens is 2. The van der Waals surface area contributed by atoms with Crippen molar-refractivity contribution < 1.29 is 13.5 Å². The van der Waals surface area contributed by atoms with Crippen molar-refractivity contribution in [3.05, 3.63) is 54.1 Å². The quantitative estimate of drug-likeness (QED) is 0.800. The Morgan fingerprint density at radius 3 is 2.54 bits per heavy atom. The zero-order valence-corrected chi connectivity index (χ0v) is 13.0. The van der Waals surface area contributed by atoms with E-state index in [0.717, 1.165) is 25.9 Å². The average Bonchev–Trinajstić information content (AvgIpc) is 2.96. The summed E-state index contributed by atoms with van der Waals surface area (Å²) in [5.74, 6) is -0.406. The van der Waals surface area contributed by atoms with Crippen LogP contribution in [0.15, 0.2) is 42.5 Å². The summed E-state index contributed by atoms with van der Waals surface area (Å²) >= 11 is 0. The van der Waals surface area contributed by atoms with E-state index < -0.39 is 0 Å². The number of piperidine rings is 1. The summed E-state index contributed by atoms with van der Waals surface area (Å²) in [6, 6.07) is 10.7. The van der Waals surface area contributed by atoms with Gasteiger partial charge >= 0.3 is 0 Å². The van der Waals surface area contributed by atoms with E-state index in [1.165, 1.54) is 18.2 Å². The zero-order chi connectivity index (χ0) is 16.5. The summed E-state index contributed by atoms with van der Waals surface area (Å²) in [6.45, 7) is 1.76. The summed E-state index contributed by atoms with van der Waals surface area (Å²) in [4.78, 5) is 0. The van der Waals surface area contributed by atoms with Crippen LogP contribution >= 0.6 is 0 Å². The number of fused-ring (bicyclic) bond motifs is 1. The number of benzene rings is 2. The van der Waals surface area contributed by atoms with Crippen molar-refractivity contribution in [3.8, 4) is 11.6 Å². The fraction of sp³-hybridized carbons (Fsp3) is 0.278. The number of nitrogens with one attached hydrogen (secondary N) is 1. The van der Waals surface area contributed by atoms with Crippen LogP contribution in [0.25, 0.3) is 16.6 Å². The van der Waals surface area contributed by atoms with Gasteiger partial charge in [0.05, 0.1) is 16.6 Å². The molecule has 0 unspecified atom stereocenters. The first-order valence-electron chi connectivity index (χ1n) is 8.03. The number of nitrogens with zero attached hydrogens (tertiary/aromatic N) is 2. The van der Waals surface area contributed by atoms with Crippen LogP contribution in [0.1, 0.15) is 12.8 Å². The molecule has 0 atom stereocenters. The van der Waals surface area contributed by atoms with Crippen LogP contribution in [0.3, 0.4) is 0 Å². The Hall–Kier alpha value is -2.47. The Labute approximate surface area is 138 Å². The molecule has 6 heteroatoms. The van der Waals surface area contributed by atoms with Crippen LogP contribution in [0, 0.1) is 11.6 Å². The molecule has 24 heavy (non-hydrogen) atoms. The lowest BCUT2D eigenvalue weighted by molar-refractivity contribution is 0.157. The van der Waals surface area contributed by atoms with Gasteiger partial charge < -0.3 is 10.1 Å². The van der Waals surface area contributed by atoms with Crippen LogP contribution in [0.4, 0.5) is 8.78 Å². The van der Waals surface area contributed by atoms with E-state index in [1.54, 1.807) is 28.9 Å². The monoisotopic (exact) mass is 329 g/mol. The summed E-state index contributed by atoms with van der Waals surface area (Å²) in [7, 11) is 0. The number of rotatable bonds is 3. The molecule has 124 valence electrons. The number of hydrogen-bond acceptors (Lipinski definition) is 3. The van der Waals surface area contributed by atoms with Gasteiger partial charge in [0.25, 0.3) is 0 Å². The van der Waals surface area contributed by atoms with Crippen molar-refractivity contribution in [2.45, 2.75) is 18.9 Å². The maximum absolute atomic E-state index is 14.4. The second kappa shape index (κ2) is 6.20. The van der Waals surface area contributed by atoms with Gasteiger partial charge in [-0.25, -0.2) is 13.5 Å². The summed E-state index contributed by atoms with van der Waals surface area (Å²) < 4.78 is 35.1. The van der Waals surface area contributed by atoms with Crippen molar-refractivity contribution in [3.63, 3.8) is 0 Å². The SMILES string of the molecule is Fc1ccc(-n2nc(OC3CCNCC3)c3c(F)cccc32)cc1. The highest BCUT2D eigenvalue weighted by molar-refractivity contribution is 5.86. The number of hydrogen-bond donors (Lipinski definition) is 1. The van der Waals surface area contributed by atoms with Crippen molar-refractivity contribution >= 4 is 10.9 Å². The third-order valence-corrected chi connectivity index (χ3v) is 4.26. The molecule has 0 aliphatic carbocycles. The first-order valence-corrected chi connectivity index (χ1v) is 8.03. The molecular formula is C18H17F2N3O. The minimum atomic E-state index is -0.371. The van der Waals surface area contributed by atoms with Gasteiger partial charge in [-0.05, 0) is 62.3 Å². The fourth-order valence-electron chi connectivity index (χ4n) is 3.03. The first kappa shape index (κ1) is 15.1. The molecule has 0 bridgehead atoms. The van der Waals surface area contributed by atoms with Crippen molar-refractivity contribution in [1.29, 1.82) is 0 Å². The van der Waals surface area contributed by atoms with E-state index in [9.17, 15) is 8.78 Å². The molecule has 4 nitrogen and oxygen atoms in total. The van der Waals surface area contributed by atoms with Crippen molar-refractivity contribution in [2.75, 3.05) is 13.1 Å². The predicted octanol–water partition coefficient (Wildman–Crippen LogP) is 3.43. The van der Waals surface area contributed by atoms with Crippen molar-refractivity contribution in [1.82, 2.24) is 15.1 Å². The van der Waals surface area contributed by atoms with Crippen LogP contribution in [0.5, 0.6) is 5.88 Å². The van der Waals surface area contributed by atoms with Crippen LogP contribution in [0.2, 0.25) is 0 Å². The zero-order valence-electron chi connectivity index (χ0n) is 13.0. The predicted molar refractivity (Wildman–Crippen MR) is 87.5 cm³/mol. The molecule has 3 aromatic rings. The Bertz CT molecular complexity index is 855. The molecule has 0 radical (unpaired) electrons. The highest BCUT2D eigenvalue weighted by atomic mass is 19.1. The summed E-state index contributed by atoms with van der Waals surface area (Å²) in [5, 5.41) is 8.09. The Morgan fingerprint density at radius 2 is 1.79 bits per heavy atom. The van der Waals surface area contributed by atoms with Gasteiger partial charge in [0, 0.05) is 0 Å². The molecule has 1 aliphatic rings. The molecule has 2 aromatic carbocycles. The largest absolute Gasteiger partial charge is 0.473 e. The van der Waals surface area contributed by atoms with Gasteiger partial charge in [0.2, 0.25) is 5.88 Å². The number of aromatic nitrogens is 2. The minimum absolute atomic E-state index is 0.0191. The molecule has 1 aliphatic heterocycles. The van der Waals surface area contributed by atoms with Crippen LogP contribution in [-0.4, -0.2) is 29.0 Å². The van der Waals surface area contributed by atoms with Crippen LogP contribution < -0.4 is 10.1 Å². The van der Waals surface area contributed by atoms with Gasteiger partial charge in [-0.2, -0.15) is 0 Å². The maximum atomic E-state index is 14.4. The third-order valence-electron chi connectivity index (χ3n) is 4.26. The number of ether oxygens (including phenoxy) is 1. The molecule has 0 saturated carbocycles. The van der Waals surface area contributed by atoms with E-state index in [0.29, 0.717) is 22.5 Å². The lowest BCUT2D eigenvalue weighted by Gasteiger charge is -2.22. The molecule has 1 saturated heterocycles. The van der Waals surface area contributed by atoms with E-state index in [1.807, 2.05) is 0 Å². The molecule has 1 fully saturated rings. The van der Waals surface area contributed by atoms with Crippen LogP contribution in [-0.2, 0) is 0 Å². The van der Waals surface area contributed by atoms with Crippen molar-refractivity contribution in [2.24, 2.45) is 0 Å². The normalized spacial score (nSPS) is 15.8. The Morgan fingerprint density at radius 1 is 1.04 bits per heavy atom. The topological polar surface area (TPSA) is 39.1 Å². The molecule has 0 spiro atoms. The highest BCUT2D eigenvalue weighted by Crippen LogP contribution is 2.31. The molecule has 0 amide bonds. The molecular weight excluding hydrogens is 312 g/mol. The van der Waals surface area contributed by atoms with Gasteiger partial charge in [-0.1, -0.05) is 6.07 Å². The lowest BCUT2D eigenvalue weighted by atomic mass is 10.1. The van der Waals surface area contributed by atoms with Gasteiger partial charge in [0.1, 0.15) is 17.7 Å². The molecule has 1 aromatic heterocycles. The molecule has 1 N–H and O–H groups in total. The van der Waals surface area contributed by atoms with Gasteiger partial charge in [-0.15, -0.1) is 5.10 Å². The van der Waals surface area contributed by atoms with E-state index in [4.69, 9.17) is 4.74 Å². The average molecular weight is 329 g/mol. The van der Waals surface area contributed by atoms with E-state index in [2.05, 4.69) is 10.4 Å². The second-order valence-electron chi connectivity index (χ2n) is 5.89. The van der Waals surface area contributed by atoms with Gasteiger partial charge in [-0.3, -0.25) is 0 Å². The standard InChI is InChI=1S/C18H17F2N3O/c19-12-4-6-13(7-5-12)23-16-3-1-2-15(20)17(16)18(22-23)24-14-8-10-21-11-9-14/h1-7,14,21H,8-11H2. The summed E-state index contributed by atoms with van der Waals surface area (Å²) in [6.07, 6.45) is 1.74. The Kier molecular flexibility index (Phi) is 3.90. The summed E-state index contributed by atoms with van der Waals surface area (Å²) in [5.41, 5.74) is 1.26. The highest BCUT2D eigenvalue weighted by Gasteiger charge is 2.21. The fourth-order valence-corrected chi connectivity index (χ4v) is 3.03. The first-order chi connectivity index (χ1) is 11.7. The van der Waals surface area contributed by atoms with E-state index in [-0.39, 0.29) is 17.7 Å². The lowest BCUT2D eigenvalue weighted by Crippen LogP contribution is -2.34. The molecule has 2 heterocycles. The third kappa shape index (κ3) is 2.73. The maximum Gasteiger partial charge on any atom is 0.244 e. The minimum Gasteiger partial charge on any atom is -0.473 e. The molecule has 4 rings (SSSR count). The van der Waals surface area contributed by atoms with E-state index >= 15 is 0 Å². The smallest absolute Gasteiger partial charge is 0.244 e. The second-order valence-corrected chi connectivity index (χ2v) is 5.89. The van der Waals surface area contributed by atoms with Gasteiger partial charge in [0.15, 0.2) is 0 Å². The Balaban J connectivity index is 1.80.